The second-order valence-corrected chi connectivity index (χ2v) is 9.23. The Morgan fingerprint density at radius 1 is 1.03 bits per heavy atom. The van der Waals surface area contributed by atoms with Crippen LogP contribution in [0.1, 0.15) is 11.1 Å². The van der Waals surface area contributed by atoms with Crippen molar-refractivity contribution in [1.29, 1.82) is 5.26 Å². The maximum atomic E-state index is 12.4. The van der Waals surface area contributed by atoms with E-state index in [2.05, 4.69) is 59.8 Å². The quantitative estimate of drug-likeness (QED) is 0.181. The van der Waals surface area contributed by atoms with Crippen LogP contribution < -0.4 is 10.1 Å². The number of nitriles is 1. The fourth-order valence-electron chi connectivity index (χ4n) is 2.51. The van der Waals surface area contributed by atoms with Gasteiger partial charge in [0.05, 0.1) is 3.57 Å². The summed E-state index contributed by atoms with van der Waals surface area (Å²) in [5.41, 5.74) is 2.46. The molecule has 1 N–H and O–H groups in total. The first kappa shape index (κ1) is 22.5. The van der Waals surface area contributed by atoms with E-state index in [9.17, 15) is 10.1 Å². The number of anilines is 1. The van der Waals surface area contributed by atoms with Crippen LogP contribution in [-0.2, 0) is 11.4 Å². The monoisotopic (exact) mass is 636 g/mol. The van der Waals surface area contributed by atoms with E-state index in [0.29, 0.717) is 12.3 Å². The van der Waals surface area contributed by atoms with Crippen molar-refractivity contribution in [2.45, 2.75) is 6.61 Å². The first-order chi connectivity index (χ1) is 14.4. The molecular weight excluding hydrogens is 623 g/mol. The predicted octanol–water partition coefficient (Wildman–Crippen LogP) is 6.94. The van der Waals surface area contributed by atoms with Gasteiger partial charge in [-0.3, -0.25) is 4.79 Å². The first-order valence-corrected chi connectivity index (χ1v) is 11.5. The van der Waals surface area contributed by atoms with E-state index in [0.717, 1.165) is 29.4 Å². The average molecular weight is 638 g/mol. The summed E-state index contributed by atoms with van der Waals surface area (Å²) >= 11 is 8.95. The molecule has 4 nitrogen and oxygen atoms in total. The van der Waals surface area contributed by atoms with Crippen molar-refractivity contribution < 1.29 is 9.53 Å². The number of rotatable bonds is 6. The van der Waals surface area contributed by atoms with Gasteiger partial charge < -0.3 is 10.1 Å². The lowest BCUT2D eigenvalue weighted by Crippen LogP contribution is -2.13. The minimum Gasteiger partial charge on any atom is -0.488 e. The van der Waals surface area contributed by atoms with Crippen LogP contribution >= 0.6 is 54.5 Å². The van der Waals surface area contributed by atoms with Crippen LogP contribution in [0.4, 0.5) is 5.69 Å². The molecule has 0 unspecified atom stereocenters. The number of hydrogen-bond donors (Lipinski definition) is 1. The predicted molar refractivity (Wildman–Crippen MR) is 134 cm³/mol. The molecule has 0 radical (unpaired) electrons. The van der Waals surface area contributed by atoms with Gasteiger partial charge in [-0.25, -0.2) is 0 Å². The third kappa shape index (κ3) is 6.42. The smallest absolute Gasteiger partial charge is 0.266 e. The highest BCUT2D eigenvalue weighted by molar-refractivity contribution is 14.1. The summed E-state index contributed by atoms with van der Waals surface area (Å²) in [5.74, 6) is 0.291. The van der Waals surface area contributed by atoms with E-state index in [4.69, 9.17) is 4.74 Å². The fraction of sp³-hybridized carbons (Fsp3) is 0.0435. The molecule has 0 aliphatic rings. The Bertz CT molecular complexity index is 1120. The lowest BCUT2D eigenvalue weighted by Gasteiger charge is -2.09. The lowest BCUT2D eigenvalue weighted by molar-refractivity contribution is -0.112. The summed E-state index contributed by atoms with van der Waals surface area (Å²) in [7, 11) is 0. The Morgan fingerprint density at radius 3 is 2.27 bits per heavy atom. The van der Waals surface area contributed by atoms with Crippen LogP contribution in [0.5, 0.6) is 5.75 Å². The van der Waals surface area contributed by atoms with E-state index in [1.807, 2.05) is 60.7 Å². The van der Waals surface area contributed by atoms with Gasteiger partial charge in [-0.15, -0.1) is 0 Å². The summed E-state index contributed by atoms with van der Waals surface area (Å²) in [6.45, 7) is 0.456. The Kier molecular flexibility index (Phi) is 8.08. The zero-order valence-corrected chi connectivity index (χ0v) is 20.9. The van der Waals surface area contributed by atoms with Crippen molar-refractivity contribution in [3.8, 4) is 11.8 Å². The number of halogens is 3. The largest absolute Gasteiger partial charge is 0.488 e. The van der Waals surface area contributed by atoms with Crippen molar-refractivity contribution >= 4 is 72.1 Å². The van der Waals surface area contributed by atoms with Crippen LogP contribution in [0.2, 0.25) is 0 Å². The Labute approximate surface area is 205 Å². The molecule has 0 aliphatic heterocycles. The van der Waals surface area contributed by atoms with Gasteiger partial charge in [0, 0.05) is 14.6 Å². The van der Waals surface area contributed by atoms with Gasteiger partial charge in [-0.05, 0) is 88.3 Å². The van der Waals surface area contributed by atoms with E-state index in [1.165, 1.54) is 0 Å². The number of carbonyl (C=O) groups excluding carboxylic acids is 1. The SMILES string of the molecule is N#C/C(=C/c1ccc(OCc2ccc(Br)cc2)c(I)c1)C(=O)Nc1ccc(Br)cc1. The number of ether oxygens (including phenoxy) is 1. The number of hydrogen-bond acceptors (Lipinski definition) is 3. The van der Waals surface area contributed by atoms with Crippen LogP contribution in [0.3, 0.4) is 0 Å². The number of nitrogens with one attached hydrogen (secondary N) is 1. The topological polar surface area (TPSA) is 62.1 Å². The van der Waals surface area contributed by atoms with Gasteiger partial charge in [-0.2, -0.15) is 5.26 Å². The highest BCUT2D eigenvalue weighted by Crippen LogP contribution is 2.25. The molecule has 3 aromatic rings. The zero-order chi connectivity index (χ0) is 21.5. The fourth-order valence-corrected chi connectivity index (χ4v) is 3.74. The Balaban J connectivity index is 1.69. The van der Waals surface area contributed by atoms with E-state index in [-0.39, 0.29) is 5.57 Å². The van der Waals surface area contributed by atoms with Gasteiger partial charge in [-0.1, -0.05) is 50.1 Å². The lowest BCUT2D eigenvalue weighted by atomic mass is 10.1. The molecule has 0 aliphatic carbocycles. The van der Waals surface area contributed by atoms with Gasteiger partial charge in [0.1, 0.15) is 24.0 Å². The van der Waals surface area contributed by atoms with Gasteiger partial charge in [0.15, 0.2) is 0 Å². The van der Waals surface area contributed by atoms with Crippen LogP contribution in [0.15, 0.2) is 81.2 Å². The maximum absolute atomic E-state index is 12.4. The second kappa shape index (κ2) is 10.8. The molecule has 150 valence electrons. The summed E-state index contributed by atoms with van der Waals surface area (Å²) in [5, 5.41) is 12.1. The molecule has 0 saturated carbocycles. The number of carbonyl (C=O) groups is 1. The molecular formula is C23H15Br2IN2O2. The minimum absolute atomic E-state index is 0.0252. The molecule has 0 atom stereocenters. The highest BCUT2D eigenvalue weighted by Gasteiger charge is 2.10. The number of benzene rings is 3. The van der Waals surface area contributed by atoms with Gasteiger partial charge in [0.2, 0.25) is 0 Å². The van der Waals surface area contributed by atoms with E-state index < -0.39 is 5.91 Å². The third-order valence-electron chi connectivity index (χ3n) is 4.04. The number of nitrogens with zero attached hydrogens (tertiary/aromatic N) is 1. The molecule has 0 spiro atoms. The average Bonchev–Trinajstić information content (AvgIpc) is 2.74. The molecule has 0 fully saturated rings. The molecule has 0 saturated heterocycles. The number of amides is 1. The molecule has 0 bridgehead atoms. The highest BCUT2D eigenvalue weighted by atomic mass is 127. The molecule has 3 aromatic carbocycles. The molecule has 3 rings (SSSR count). The first-order valence-electron chi connectivity index (χ1n) is 8.80. The van der Waals surface area contributed by atoms with Crippen LogP contribution in [-0.4, -0.2) is 5.91 Å². The Morgan fingerprint density at radius 2 is 1.67 bits per heavy atom. The molecule has 30 heavy (non-hydrogen) atoms. The Hall–Kier alpha value is -2.15. The normalized spacial score (nSPS) is 10.9. The van der Waals surface area contributed by atoms with E-state index >= 15 is 0 Å². The van der Waals surface area contributed by atoms with Crippen molar-refractivity contribution in [3.63, 3.8) is 0 Å². The zero-order valence-electron chi connectivity index (χ0n) is 15.5. The van der Waals surface area contributed by atoms with Crippen molar-refractivity contribution in [3.05, 3.63) is 95.9 Å². The maximum Gasteiger partial charge on any atom is 0.266 e. The molecule has 7 heteroatoms. The molecule has 0 aromatic heterocycles. The molecule has 0 heterocycles. The van der Waals surface area contributed by atoms with Crippen molar-refractivity contribution in [2.75, 3.05) is 5.32 Å². The van der Waals surface area contributed by atoms with Crippen LogP contribution in [0, 0.1) is 14.9 Å². The summed E-state index contributed by atoms with van der Waals surface area (Å²) in [6, 6.07) is 22.6. The third-order valence-corrected chi connectivity index (χ3v) is 5.94. The van der Waals surface area contributed by atoms with Gasteiger partial charge in [0.25, 0.3) is 5.91 Å². The van der Waals surface area contributed by atoms with Crippen molar-refractivity contribution in [1.82, 2.24) is 0 Å². The summed E-state index contributed by atoms with van der Waals surface area (Å²) in [4.78, 5) is 12.4. The summed E-state index contributed by atoms with van der Waals surface area (Å²) < 4.78 is 8.72. The second-order valence-electron chi connectivity index (χ2n) is 6.24. The minimum atomic E-state index is -0.453. The summed E-state index contributed by atoms with van der Waals surface area (Å²) in [6.07, 6.45) is 1.56. The molecule has 1 amide bonds. The van der Waals surface area contributed by atoms with E-state index in [1.54, 1.807) is 18.2 Å². The standard InChI is InChI=1S/C23H15Br2IN2O2/c24-18-4-1-15(2-5-18)14-30-22-10-3-16(12-21(22)26)11-17(13-27)23(29)28-20-8-6-19(25)7-9-20/h1-12H,14H2,(H,28,29)/b17-11-. The van der Waals surface area contributed by atoms with Gasteiger partial charge >= 0.3 is 0 Å². The van der Waals surface area contributed by atoms with Crippen molar-refractivity contribution in [2.24, 2.45) is 0 Å². The van der Waals surface area contributed by atoms with Crippen LogP contribution in [0.25, 0.3) is 6.08 Å².